The van der Waals surface area contributed by atoms with Gasteiger partial charge in [0.15, 0.2) is 9.84 Å². The lowest BCUT2D eigenvalue weighted by atomic mass is 10.1. The lowest BCUT2D eigenvalue weighted by Crippen LogP contribution is -2.13. The number of aromatic nitrogens is 2. The van der Waals surface area contributed by atoms with E-state index in [0.29, 0.717) is 12.8 Å². The van der Waals surface area contributed by atoms with Crippen LogP contribution in [-0.4, -0.2) is 38.1 Å². The van der Waals surface area contributed by atoms with Crippen molar-refractivity contribution in [2.24, 2.45) is 5.92 Å². The molecule has 0 bridgehead atoms. The van der Waals surface area contributed by atoms with E-state index in [9.17, 15) is 16.8 Å². The summed E-state index contributed by atoms with van der Waals surface area (Å²) in [7, 11) is -1.72. The first-order valence-electron chi connectivity index (χ1n) is 6.43. The molecular weight excluding hydrogens is 359 g/mol. The lowest BCUT2D eigenvalue weighted by Gasteiger charge is -2.09. The normalized spacial score (nSPS) is 22.0. The van der Waals surface area contributed by atoms with E-state index in [-0.39, 0.29) is 33.2 Å². The molecule has 1 unspecified atom stereocenters. The van der Waals surface area contributed by atoms with Crippen LogP contribution in [0.2, 0.25) is 5.15 Å². The minimum Gasteiger partial charge on any atom is -0.248 e. The lowest BCUT2D eigenvalue weighted by molar-refractivity contribution is 0.490. The van der Waals surface area contributed by atoms with Crippen molar-refractivity contribution in [2.45, 2.75) is 37.6 Å². The van der Waals surface area contributed by atoms with Gasteiger partial charge >= 0.3 is 0 Å². The van der Waals surface area contributed by atoms with Gasteiger partial charge in [-0.05, 0) is 18.8 Å². The van der Waals surface area contributed by atoms with E-state index >= 15 is 0 Å². The third-order valence-electron chi connectivity index (χ3n) is 3.28. The maximum absolute atomic E-state index is 11.7. The Morgan fingerprint density at radius 2 is 2.05 bits per heavy atom. The van der Waals surface area contributed by atoms with Crippen molar-refractivity contribution in [2.75, 3.05) is 11.5 Å². The smallest absolute Gasteiger partial charge is 0.248 e. The third-order valence-corrected chi connectivity index (χ3v) is 6.88. The molecule has 0 aromatic carbocycles. The number of hydrogen-bond acceptors (Lipinski definition) is 5. The van der Waals surface area contributed by atoms with E-state index in [2.05, 4.69) is 5.10 Å². The van der Waals surface area contributed by atoms with Crippen molar-refractivity contribution < 1.29 is 16.8 Å². The van der Waals surface area contributed by atoms with Crippen LogP contribution in [0.25, 0.3) is 0 Å². The van der Waals surface area contributed by atoms with Gasteiger partial charge in [0.1, 0.15) is 10.0 Å². The van der Waals surface area contributed by atoms with E-state index in [4.69, 9.17) is 22.3 Å². The average Bonchev–Trinajstić information content (AvgIpc) is 2.77. The molecule has 6 nitrogen and oxygen atoms in total. The summed E-state index contributed by atoms with van der Waals surface area (Å²) >= 11 is 6.11. The molecule has 0 N–H and O–H groups in total. The second kappa shape index (κ2) is 5.72. The predicted molar refractivity (Wildman–Crippen MR) is 81.1 cm³/mol. The molecule has 1 aliphatic heterocycles. The summed E-state index contributed by atoms with van der Waals surface area (Å²) in [5.41, 5.74) is 0.286. The molecule has 10 heteroatoms. The van der Waals surface area contributed by atoms with E-state index < -0.39 is 24.9 Å². The minimum atomic E-state index is -4.04. The summed E-state index contributed by atoms with van der Waals surface area (Å²) in [6.07, 6.45) is 0.764. The Morgan fingerprint density at radius 3 is 2.48 bits per heavy atom. The summed E-state index contributed by atoms with van der Waals surface area (Å²) in [6, 6.07) is -0.444. The van der Waals surface area contributed by atoms with Crippen LogP contribution < -0.4 is 0 Å². The zero-order chi connectivity index (χ0) is 16.0. The van der Waals surface area contributed by atoms with Gasteiger partial charge in [-0.3, -0.25) is 0 Å². The van der Waals surface area contributed by atoms with Crippen LogP contribution in [-0.2, 0) is 25.3 Å². The molecule has 120 valence electrons. The van der Waals surface area contributed by atoms with Crippen LogP contribution in [0.5, 0.6) is 0 Å². The summed E-state index contributed by atoms with van der Waals surface area (Å²) in [5, 5.41) is 4.11. The molecule has 1 aromatic heterocycles. The van der Waals surface area contributed by atoms with Crippen molar-refractivity contribution >= 4 is 41.2 Å². The van der Waals surface area contributed by atoms with Gasteiger partial charge in [0.25, 0.3) is 9.05 Å². The predicted octanol–water partition coefficient (Wildman–Crippen LogP) is 2.02. The molecule has 0 saturated carbocycles. The van der Waals surface area contributed by atoms with Gasteiger partial charge in [-0.1, -0.05) is 25.4 Å². The average molecular weight is 375 g/mol. The van der Waals surface area contributed by atoms with Crippen molar-refractivity contribution in [3.05, 3.63) is 10.8 Å². The Kier molecular flexibility index (Phi) is 4.64. The summed E-state index contributed by atoms with van der Waals surface area (Å²) < 4.78 is 47.9. The monoisotopic (exact) mass is 374 g/mol. The second-order valence-electron chi connectivity index (χ2n) is 5.60. The Bertz CT molecular complexity index is 753. The molecule has 0 radical (unpaired) electrons. The zero-order valence-electron chi connectivity index (χ0n) is 11.6. The quantitative estimate of drug-likeness (QED) is 0.752. The Morgan fingerprint density at radius 1 is 1.43 bits per heavy atom. The van der Waals surface area contributed by atoms with Gasteiger partial charge in [-0.25, -0.2) is 21.5 Å². The molecule has 21 heavy (non-hydrogen) atoms. The molecule has 1 saturated heterocycles. The molecule has 1 atom stereocenters. The SMILES string of the molecule is CC(C)Cc1nn(C2CCS(=O)(=O)C2)c(Cl)c1S(=O)(=O)Cl. The first-order chi connectivity index (χ1) is 9.51. The summed E-state index contributed by atoms with van der Waals surface area (Å²) in [6.45, 7) is 3.83. The van der Waals surface area contributed by atoms with Crippen LogP contribution in [0, 0.1) is 5.92 Å². The van der Waals surface area contributed by atoms with Crippen molar-refractivity contribution in [3.8, 4) is 0 Å². The summed E-state index contributed by atoms with van der Waals surface area (Å²) in [5.74, 6) is 0.127. The van der Waals surface area contributed by atoms with Gasteiger partial charge in [0.05, 0.1) is 23.2 Å². The maximum atomic E-state index is 11.7. The minimum absolute atomic E-state index is 0.0519. The molecule has 0 aliphatic carbocycles. The van der Waals surface area contributed by atoms with Gasteiger partial charge < -0.3 is 0 Å². The highest BCUT2D eigenvalue weighted by atomic mass is 35.7. The number of hydrogen-bond donors (Lipinski definition) is 0. The van der Waals surface area contributed by atoms with E-state index in [1.54, 1.807) is 0 Å². The largest absolute Gasteiger partial charge is 0.266 e. The van der Waals surface area contributed by atoms with Crippen molar-refractivity contribution in [3.63, 3.8) is 0 Å². The number of nitrogens with zero attached hydrogens (tertiary/aromatic N) is 2. The first-order valence-corrected chi connectivity index (χ1v) is 10.9. The molecule has 0 spiro atoms. The highest BCUT2D eigenvalue weighted by molar-refractivity contribution is 8.13. The first kappa shape index (κ1) is 17.1. The highest BCUT2D eigenvalue weighted by Crippen LogP contribution is 2.34. The highest BCUT2D eigenvalue weighted by Gasteiger charge is 2.35. The number of sulfone groups is 1. The van der Waals surface area contributed by atoms with Crippen LogP contribution in [0.3, 0.4) is 0 Å². The molecule has 1 fully saturated rings. The van der Waals surface area contributed by atoms with Gasteiger partial charge in [0, 0.05) is 10.7 Å². The topological polar surface area (TPSA) is 86.1 Å². The second-order valence-corrected chi connectivity index (χ2v) is 10.7. The van der Waals surface area contributed by atoms with Crippen LogP contribution in [0.4, 0.5) is 0 Å². The molecule has 0 amide bonds. The number of halogens is 2. The molecule has 2 heterocycles. The van der Waals surface area contributed by atoms with E-state index in [0.717, 1.165) is 0 Å². The number of rotatable bonds is 4. The Hall–Kier alpha value is -0.310. The Labute approximate surface area is 133 Å². The fourth-order valence-electron chi connectivity index (χ4n) is 2.41. The standard InChI is InChI=1S/C11H16Cl2N2O4S2/c1-7(2)5-9-10(21(13,18)19)11(12)15(14-9)8-3-4-20(16,17)6-8/h7-8H,3-6H2,1-2H3. The van der Waals surface area contributed by atoms with Gasteiger partial charge in [0.2, 0.25) is 0 Å². The fourth-order valence-corrected chi connectivity index (χ4v) is 6.00. The molecule has 1 aromatic rings. The van der Waals surface area contributed by atoms with Crippen LogP contribution in [0.1, 0.15) is 32.0 Å². The van der Waals surface area contributed by atoms with Crippen molar-refractivity contribution in [1.82, 2.24) is 9.78 Å². The maximum Gasteiger partial charge on any atom is 0.266 e. The third kappa shape index (κ3) is 3.72. The zero-order valence-corrected chi connectivity index (χ0v) is 14.7. The molecule has 1 aliphatic rings. The van der Waals surface area contributed by atoms with Gasteiger partial charge in [-0.15, -0.1) is 0 Å². The van der Waals surface area contributed by atoms with Gasteiger partial charge in [-0.2, -0.15) is 5.10 Å². The fraction of sp³-hybridized carbons (Fsp3) is 0.727. The summed E-state index contributed by atoms with van der Waals surface area (Å²) in [4.78, 5) is -0.205. The van der Waals surface area contributed by atoms with Crippen LogP contribution >= 0.6 is 22.3 Å². The Balaban J connectivity index is 2.52. The molecular formula is C11H16Cl2N2O4S2. The van der Waals surface area contributed by atoms with E-state index in [1.165, 1.54) is 4.68 Å². The van der Waals surface area contributed by atoms with E-state index in [1.807, 2.05) is 13.8 Å². The van der Waals surface area contributed by atoms with Crippen molar-refractivity contribution in [1.29, 1.82) is 0 Å². The van der Waals surface area contributed by atoms with Crippen LogP contribution in [0.15, 0.2) is 4.90 Å². The molecule has 2 rings (SSSR count).